The third-order valence-electron chi connectivity index (χ3n) is 5.27. The quantitative estimate of drug-likeness (QED) is 0.827. The number of ether oxygens (including phenoxy) is 1. The van der Waals surface area contributed by atoms with E-state index in [9.17, 15) is 4.79 Å². The minimum Gasteiger partial charge on any atom is -0.378 e. The van der Waals surface area contributed by atoms with Gasteiger partial charge in [0.25, 0.3) is 0 Å². The number of nitrogens with one attached hydrogen (secondary N) is 1. The summed E-state index contributed by atoms with van der Waals surface area (Å²) in [5.41, 5.74) is 6.05. The van der Waals surface area contributed by atoms with E-state index >= 15 is 0 Å². The number of amides is 1. The first-order chi connectivity index (χ1) is 11.9. The molecule has 0 radical (unpaired) electrons. The summed E-state index contributed by atoms with van der Waals surface area (Å²) in [4.78, 5) is 21.0. The Labute approximate surface area is 147 Å². The van der Waals surface area contributed by atoms with E-state index in [0.717, 1.165) is 11.4 Å². The number of carbonyl (C=O) groups is 1. The number of hydrogen-bond acceptors (Lipinski definition) is 5. The molecule has 25 heavy (non-hydrogen) atoms. The van der Waals surface area contributed by atoms with Gasteiger partial charge in [-0.3, -0.25) is 9.36 Å². The molecule has 7 nitrogen and oxygen atoms in total. The number of hydrogen-bond donors (Lipinski definition) is 2. The van der Waals surface area contributed by atoms with Crippen molar-refractivity contribution in [3.63, 3.8) is 0 Å². The third-order valence-corrected chi connectivity index (χ3v) is 5.27. The highest BCUT2D eigenvalue weighted by Crippen LogP contribution is 2.49. The Morgan fingerprint density at radius 3 is 2.92 bits per heavy atom. The van der Waals surface area contributed by atoms with Crippen LogP contribution in [0.1, 0.15) is 32.8 Å². The normalized spacial score (nSPS) is 24.6. The van der Waals surface area contributed by atoms with Gasteiger partial charge in [0.1, 0.15) is 17.7 Å². The van der Waals surface area contributed by atoms with Gasteiger partial charge in [-0.05, 0) is 24.6 Å². The smallest absolute Gasteiger partial charge is 0.241 e. The standard InChI is InChI=1S/C18H25N5O2/c1-4-25-14-10-18(19,17(14,2)3)16(24)22-11-13-5-6-21-15(9-13)23-8-7-20-12-23/h5-9,12,14H,4,10-11,19H2,1-3H3,(H,22,24). The molecule has 1 saturated carbocycles. The number of imidazole rings is 1. The maximum atomic E-state index is 12.7. The van der Waals surface area contributed by atoms with Crippen molar-refractivity contribution >= 4 is 5.91 Å². The molecule has 2 heterocycles. The molecule has 0 saturated heterocycles. The second kappa shape index (κ2) is 6.57. The zero-order valence-electron chi connectivity index (χ0n) is 14.9. The van der Waals surface area contributed by atoms with Crippen LogP contribution in [-0.2, 0) is 16.1 Å². The predicted octanol–water partition coefficient (Wildman–Crippen LogP) is 1.42. The largest absolute Gasteiger partial charge is 0.378 e. The fourth-order valence-electron chi connectivity index (χ4n) is 3.27. The summed E-state index contributed by atoms with van der Waals surface area (Å²) in [6.07, 6.45) is 7.47. The van der Waals surface area contributed by atoms with Crippen LogP contribution in [0.3, 0.4) is 0 Å². The van der Waals surface area contributed by atoms with Crippen LogP contribution < -0.4 is 11.1 Å². The van der Waals surface area contributed by atoms with Crippen molar-refractivity contribution in [2.24, 2.45) is 11.1 Å². The van der Waals surface area contributed by atoms with E-state index in [-0.39, 0.29) is 12.0 Å². The van der Waals surface area contributed by atoms with Gasteiger partial charge in [0, 0.05) is 43.6 Å². The Balaban J connectivity index is 1.64. The van der Waals surface area contributed by atoms with Gasteiger partial charge in [0.2, 0.25) is 5.91 Å². The van der Waals surface area contributed by atoms with Gasteiger partial charge in [0.05, 0.1) is 6.10 Å². The molecular formula is C18H25N5O2. The Bertz CT molecular complexity index is 744. The van der Waals surface area contributed by atoms with E-state index in [2.05, 4.69) is 15.3 Å². The van der Waals surface area contributed by atoms with Crippen LogP contribution in [0.2, 0.25) is 0 Å². The van der Waals surface area contributed by atoms with Gasteiger partial charge in [-0.25, -0.2) is 9.97 Å². The summed E-state index contributed by atoms with van der Waals surface area (Å²) in [5.74, 6) is 0.613. The molecule has 0 bridgehead atoms. The molecular weight excluding hydrogens is 318 g/mol. The first-order valence-electron chi connectivity index (χ1n) is 8.50. The minimum atomic E-state index is -0.910. The number of pyridine rings is 1. The molecule has 1 fully saturated rings. The zero-order valence-corrected chi connectivity index (χ0v) is 14.9. The van der Waals surface area contributed by atoms with Crippen LogP contribution in [-0.4, -0.2) is 38.7 Å². The van der Waals surface area contributed by atoms with Crippen molar-refractivity contribution < 1.29 is 9.53 Å². The van der Waals surface area contributed by atoms with E-state index in [1.54, 1.807) is 18.7 Å². The summed E-state index contributed by atoms with van der Waals surface area (Å²) >= 11 is 0. The highest BCUT2D eigenvalue weighted by molar-refractivity contribution is 5.88. The average Bonchev–Trinajstić information content (AvgIpc) is 3.14. The Hall–Kier alpha value is -2.25. The number of rotatable bonds is 6. The molecule has 1 aliphatic carbocycles. The van der Waals surface area contributed by atoms with Crippen molar-refractivity contribution in [2.75, 3.05) is 6.61 Å². The SMILES string of the molecule is CCOC1CC(N)(C(=O)NCc2ccnc(-n3ccnc3)c2)C1(C)C. The van der Waals surface area contributed by atoms with E-state index in [1.807, 2.05) is 43.7 Å². The van der Waals surface area contributed by atoms with Crippen LogP contribution in [0.5, 0.6) is 0 Å². The summed E-state index contributed by atoms with van der Waals surface area (Å²) < 4.78 is 7.50. The van der Waals surface area contributed by atoms with Gasteiger partial charge in [-0.2, -0.15) is 0 Å². The molecule has 0 aliphatic heterocycles. The van der Waals surface area contributed by atoms with Crippen LogP contribution in [0, 0.1) is 5.41 Å². The fourth-order valence-corrected chi connectivity index (χ4v) is 3.27. The molecule has 7 heteroatoms. The van der Waals surface area contributed by atoms with Crippen LogP contribution in [0.4, 0.5) is 0 Å². The maximum Gasteiger partial charge on any atom is 0.241 e. The maximum absolute atomic E-state index is 12.7. The lowest BCUT2D eigenvalue weighted by molar-refractivity contribution is -0.170. The van der Waals surface area contributed by atoms with Gasteiger partial charge >= 0.3 is 0 Å². The Morgan fingerprint density at radius 2 is 2.28 bits per heavy atom. The lowest BCUT2D eigenvalue weighted by atomic mass is 9.54. The molecule has 2 aromatic heterocycles. The Kier molecular flexibility index (Phi) is 4.62. The average molecular weight is 343 g/mol. The van der Waals surface area contributed by atoms with Crippen molar-refractivity contribution in [1.29, 1.82) is 0 Å². The molecule has 134 valence electrons. The molecule has 1 amide bonds. The second-order valence-corrected chi connectivity index (χ2v) is 7.02. The first-order valence-corrected chi connectivity index (χ1v) is 8.50. The highest BCUT2D eigenvalue weighted by Gasteiger charge is 2.62. The third kappa shape index (κ3) is 3.05. The molecule has 1 aliphatic rings. The minimum absolute atomic E-state index is 0.0158. The monoisotopic (exact) mass is 343 g/mol. The van der Waals surface area contributed by atoms with Gasteiger partial charge < -0.3 is 15.8 Å². The van der Waals surface area contributed by atoms with Crippen molar-refractivity contribution in [3.05, 3.63) is 42.6 Å². The predicted molar refractivity (Wildman–Crippen MR) is 93.9 cm³/mol. The van der Waals surface area contributed by atoms with Crippen LogP contribution >= 0.6 is 0 Å². The van der Waals surface area contributed by atoms with Crippen molar-refractivity contribution in [1.82, 2.24) is 19.9 Å². The number of carbonyl (C=O) groups excluding carboxylic acids is 1. The molecule has 0 aromatic carbocycles. The topological polar surface area (TPSA) is 95.1 Å². The second-order valence-electron chi connectivity index (χ2n) is 7.02. The first kappa shape index (κ1) is 17.6. The summed E-state index contributed by atoms with van der Waals surface area (Å²) in [7, 11) is 0. The van der Waals surface area contributed by atoms with Crippen LogP contribution in [0.25, 0.3) is 5.82 Å². The van der Waals surface area contributed by atoms with Gasteiger partial charge in [0.15, 0.2) is 0 Å². The molecule has 2 aromatic rings. The van der Waals surface area contributed by atoms with E-state index in [4.69, 9.17) is 10.5 Å². The van der Waals surface area contributed by atoms with Gasteiger partial charge in [-0.1, -0.05) is 13.8 Å². The number of aromatic nitrogens is 3. The van der Waals surface area contributed by atoms with E-state index < -0.39 is 11.0 Å². The molecule has 2 unspecified atom stereocenters. The number of nitrogens with two attached hydrogens (primary N) is 1. The molecule has 3 rings (SSSR count). The van der Waals surface area contributed by atoms with Crippen molar-refractivity contribution in [3.8, 4) is 5.82 Å². The fraction of sp³-hybridized carbons (Fsp3) is 0.500. The van der Waals surface area contributed by atoms with E-state index in [1.165, 1.54) is 0 Å². The lowest BCUT2D eigenvalue weighted by Crippen LogP contribution is -2.75. The molecule has 3 N–H and O–H groups in total. The summed E-state index contributed by atoms with van der Waals surface area (Å²) in [6, 6.07) is 3.79. The lowest BCUT2D eigenvalue weighted by Gasteiger charge is -2.57. The molecule has 2 atom stereocenters. The van der Waals surface area contributed by atoms with E-state index in [0.29, 0.717) is 19.6 Å². The summed E-state index contributed by atoms with van der Waals surface area (Å²) in [5, 5.41) is 2.96. The van der Waals surface area contributed by atoms with Crippen molar-refractivity contribution in [2.45, 2.75) is 45.4 Å². The summed E-state index contributed by atoms with van der Waals surface area (Å²) in [6.45, 7) is 6.95. The Morgan fingerprint density at radius 1 is 1.48 bits per heavy atom. The molecule has 0 spiro atoms. The van der Waals surface area contributed by atoms with Gasteiger partial charge in [-0.15, -0.1) is 0 Å². The zero-order chi connectivity index (χ0) is 18.1. The number of nitrogens with zero attached hydrogens (tertiary/aromatic N) is 3. The van der Waals surface area contributed by atoms with Crippen LogP contribution in [0.15, 0.2) is 37.1 Å². The highest BCUT2D eigenvalue weighted by atomic mass is 16.5.